The number of hydrogen-bond donors (Lipinski definition) is 1. The first-order valence-corrected chi connectivity index (χ1v) is 9.69. The van der Waals surface area contributed by atoms with Crippen LogP contribution in [0.25, 0.3) is 10.9 Å². The number of halogens is 2. The Morgan fingerprint density at radius 3 is 2.50 bits per heavy atom. The highest BCUT2D eigenvalue weighted by Crippen LogP contribution is 2.16. The molecular formula is C21H22F2N4O2S. The summed E-state index contributed by atoms with van der Waals surface area (Å²) in [4.78, 5) is 32.0. The lowest BCUT2D eigenvalue weighted by atomic mass is 10.1. The Bertz CT molecular complexity index is 1220. The molecule has 0 spiro atoms. The molecule has 158 valence electrons. The molecular weight excluding hydrogens is 410 g/mol. The summed E-state index contributed by atoms with van der Waals surface area (Å²) in [5, 5.41) is 0.420. The van der Waals surface area contributed by atoms with Crippen molar-refractivity contribution in [1.29, 1.82) is 0 Å². The first-order valence-electron chi connectivity index (χ1n) is 9.28. The normalized spacial score (nSPS) is 11.3. The monoisotopic (exact) mass is 432 g/mol. The van der Waals surface area contributed by atoms with Gasteiger partial charge >= 0.3 is 0 Å². The smallest absolute Gasteiger partial charge is 0.261 e. The zero-order valence-corrected chi connectivity index (χ0v) is 17.7. The number of carbonyl (C=O) groups is 1. The Morgan fingerprint density at radius 2 is 1.83 bits per heavy atom. The van der Waals surface area contributed by atoms with Gasteiger partial charge < -0.3 is 14.8 Å². The maximum atomic E-state index is 13.6. The number of hydrogen-bond acceptors (Lipinski definition) is 4. The fourth-order valence-corrected chi connectivity index (χ4v) is 3.25. The second kappa shape index (κ2) is 8.85. The van der Waals surface area contributed by atoms with Crippen molar-refractivity contribution in [1.82, 2.24) is 19.4 Å². The van der Waals surface area contributed by atoms with E-state index in [-0.39, 0.29) is 22.8 Å². The number of benzene rings is 2. The lowest BCUT2D eigenvalue weighted by molar-refractivity contribution is 0.0732. The van der Waals surface area contributed by atoms with E-state index in [1.54, 1.807) is 30.1 Å². The molecule has 0 unspecified atom stereocenters. The van der Waals surface area contributed by atoms with E-state index in [9.17, 15) is 18.4 Å². The Kier molecular flexibility index (Phi) is 6.42. The third kappa shape index (κ3) is 4.63. The summed E-state index contributed by atoms with van der Waals surface area (Å²) in [5.74, 6) is -2.18. The van der Waals surface area contributed by atoms with Crippen molar-refractivity contribution in [3.63, 3.8) is 0 Å². The summed E-state index contributed by atoms with van der Waals surface area (Å²) >= 11 is 5.15. The molecule has 1 N–H and O–H groups in total. The molecule has 30 heavy (non-hydrogen) atoms. The molecule has 0 saturated heterocycles. The van der Waals surface area contributed by atoms with Gasteiger partial charge in [0, 0.05) is 32.2 Å². The minimum absolute atomic E-state index is 0.120. The van der Waals surface area contributed by atoms with Crippen LogP contribution in [0.5, 0.6) is 0 Å². The first kappa shape index (κ1) is 21.8. The van der Waals surface area contributed by atoms with Crippen molar-refractivity contribution < 1.29 is 13.6 Å². The molecule has 1 amide bonds. The van der Waals surface area contributed by atoms with Gasteiger partial charge in [0.25, 0.3) is 11.5 Å². The number of amides is 1. The second-order valence-electron chi connectivity index (χ2n) is 7.33. The van der Waals surface area contributed by atoms with Crippen LogP contribution in [0.1, 0.15) is 15.9 Å². The van der Waals surface area contributed by atoms with Gasteiger partial charge in [0.2, 0.25) is 0 Å². The van der Waals surface area contributed by atoms with Crippen molar-refractivity contribution in [3.05, 3.63) is 74.3 Å². The van der Waals surface area contributed by atoms with Crippen LogP contribution in [0.15, 0.2) is 41.2 Å². The third-order valence-electron chi connectivity index (χ3n) is 4.81. The first-order chi connectivity index (χ1) is 14.2. The summed E-state index contributed by atoms with van der Waals surface area (Å²) in [7, 11) is 5.34. The van der Waals surface area contributed by atoms with Crippen molar-refractivity contribution in [2.75, 3.05) is 27.2 Å². The van der Waals surface area contributed by atoms with Crippen LogP contribution in [-0.4, -0.2) is 52.4 Å². The summed E-state index contributed by atoms with van der Waals surface area (Å²) in [5.41, 5.74) is 1.06. The van der Waals surface area contributed by atoms with E-state index in [1.807, 2.05) is 19.0 Å². The van der Waals surface area contributed by atoms with E-state index in [0.717, 1.165) is 12.1 Å². The minimum atomic E-state index is -0.957. The number of likely N-dealkylation sites (N-methyl/N-ethyl adjacent to an activating group) is 1. The van der Waals surface area contributed by atoms with E-state index in [2.05, 4.69) is 4.98 Å². The molecule has 0 saturated carbocycles. The van der Waals surface area contributed by atoms with Gasteiger partial charge in [-0.05, 0) is 62.2 Å². The fourth-order valence-electron chi connectivity index (χ4n) is 3.05. The predicted molar refractivity (Wildman–Crippen MR) is 114 cm³/mol. The Balaban J connectivity index is 1.96. The van der Waals surface area contributed by atoms with E-state index < -0.39 is 11.6 Å². The molecule has 0 bridgehead atoms. The van der Waals surface area contributed by atoms with Crippen molar-refractivity contribution in [3.8, 4) is 0 Å². The molecule has 0 aliphatic carbocycles. The molecule has 1 aromatic heterocycles. The maximum absolute atomic E-state index is 13.6. The summed E-state index contributed by atoms with van der Waals surface area (Å²) < 4.78 is 28.5. The van der Waals surface area contributed by atoms with Crippen LogP contribution in [0.3, 0.4) is 0 Å². The lowest BCUT2D eigenvalue weighted by Gasteiger charge is -2.25. The van der Waals surface area contributed by atoms with Gasteiger partial charge in [0.15, 0.2) is 16.4 Å². The van der Waals surface area contributed by atoms with Crippen molar-refractivity contribution in [2.45, 2.75) is 6.54 Å². The van der Waals surface area contributed by atoms with Crippen LogP contribution in [0.2, 0.25) is 0 Å². The van der Waals surface area contributed by atoms with Gasteiger partial charge in [-0.15, -0.1) is 0 Å². The Hall–Kier alpha value is -2.91. The highest BCUT2D eigenvalue weighted by atomic mass is 32.1. The molecule has 0 atom stereocenters. The van der Waals surface area contributed by atoms with Crippen molar-refractivity contribution in [2.24, 2.45) is 7.05 Å². The topological polar surface area (TPSA) is 61.3 Å². The van der Waals surface area contributed by atoms with Crippen LogP contribution in [0.4, 0.5) is 8.78 Å². The van der Waals surface area contributed by atoms with E-state index in [4.69, 9.17) is 12.2 Å². The SMILES string of the molecule is CN(C)CCN(Cc1ccc(F)c(F)c1)C(=O)c1ccc2c(=O)n(C)c(=S)[nH]c2c1. The third-order valence-corrected chi connectivity index (χ3v) is 5.19. The van der Waals surface area contributed by atoms with Crippen LogP contribution < -0.4 is 5.56 Å². The Labute approximate surface area is 177 Å². The van der Waals surface area contributed by atoms with Crippen LogP contribution in [0, 0.1) is 16.4 Å². The molecule has 2 aromatic carbocycles. The molecule has 0 radical (unpaired) electrons. The van der Waals surface area contributed by atoms with Crippen molar-refractivity contribution >= 4 is 29.0 Å². The molecule has 0 aliphatic rings. The number of carbonyl (C=O) groups excluding carboxylic acids is 1. The molecule has 6 nitrogen and oxygen atoms in total. The summed E-state index contributed by atoms with van der Waals surface area (Å²) in [6, 6.07) is 8.34. The molecule has 3 aromatic rings. The molecule has 0 aliphatic heterocycles. The number of nitrogens with one attached hydrogen (secondary N) is 1. The number of fused-ring (bicyclic) bond motifs is 1. The number of H-pyrrole nitrogens is 1. The highest BCUT2D eigenvalue weighted by molar-refractivity contribution is 7.71. The number of aromatic amines is 1. The fraction of sp³-hybridized carbons (Fsp3) is 0.286. The zero-order chi connectivity index (χ0) is 22.0. The quantitative estimate of drug-likeness (QED) is 0.608. The van der Waals surface area contributed by atoms with Gasteiger partial charge in [0.05, 0.1) is 10.9 Å². The van der Waals surface area contributed by atoms with E-state index in [1.165, 1.54) is 10.6 Å². The number of nitrogens with zero attached hydrogens (tertiary/aromatic N) is 3. The molecule has 1 heterocycles. The Morgan fingerprint density at radius 1 is 1.10 bits per heavy atom. The summed E-state index contributed by atoms with van der Waals surface area (Å²) in [6.07, 6.45) is 0. The van der Waals surface area contributed by atoms with Gasteiger partial charge in [-0.2, -0.15) is 0 Å². The van der Waals surface area contributed by atoms with E-state index >= 15 is 0 Å². The highest BCUT2D eigenvalue weighted by Gasteiger charge is 2.18. The molecule has 9 heteroatoms. The molecule has 3 rings (SSSR count). The van der Waals surface area contributed by atoms with Crippen LogP contribution in [-0.2, 0) is 13.6 Å². The molecule has 0 fully saturated rings. The maximum Gasteiger partial charge on any atom is 0.261 e. The number of aromatic nitrogens is 2. The van der Waals surface area contributed by atoms with Crippen LogP contribution >= 0.6 is 12.2 Å². The standard InChI is InChI=1S/C21H22F2N4O2S/c1-25(2)8-9-27(12-13-4-7-16(22)17(23)10-13)19(28)14-5-6-15-18(11-14)24-21(30)26(3)20(15)29/h4-7,10-11H,8-9,12H2,1-3H3,(H,24,30). The number of rotatable bonds is 6. The largest absolute Gasteiger partial charge is 0.333 e. The van der Waals surface area contributed by atoms with Gasteiger partial charge in [-0.25, -0.2) is 8.78 Å². The van der Waals surface area contributed by atoms with E-state index in [0.29, 0.717) is 35.1 Å². The van der Waals surface area contributed by atoms with Gasteiger partial charge in [-0.3, -0.25) is 14.2 Å². The van der Waals surface area contributed by atoms with Gasteiger partial charge in [-0.1, -0.05) is 6.07 Å². The average Bonchev–Trinajstić information content (AvgIpc) is 2.71. The minimum Gasteiger partial charge on any atom is -0.333 e. The second-order valence-corrected chi connectivity index (χ2v) is 7.72. The predicted octanol–water partition coefficient (Wildman–Crippen LogP) is 3.08. The average molecular weight is 432 g/mol. The lowest BCUT2D eigenvalue weighted by Crippen LogP contribution is -2.36. The van der Waals surface area contributed by atoms with Gasteiger partial charge in [0.1, 0.15) is 0 Å². The zero-order valence-electron chi connectivity index (χ0n) is 16.9. The summed E-state index contributed by atoms with van der Waals surface area (Å²) in [6.45, 7) is 1.09.